The molecule has 1 aromatic rings. The van der Waals surface area contributed by atoms with Gasteiger partial charge in [-0.2, -0.15) is 0 Å². The normalized spacial score (nSPS) is 27.5. The molecule has 1 N–H and O–H groups in total. The molecule has 2 heterocycles. The first-order valence-corrected chi connectivity index (χ1v) is 6.44. The number of anilines is 1. The van der Waals surface area contributed by atoms with Crippen molar-refractivity contribution in [3.63, 3.8) is 0 Å². The monoisotopic (exact) mass is 253 g/mol. The van der Waals surface area contributed by atoms with E-state index >= 15 is 0 Å². The van der Waals surface area contributed by atoms with Gasteiger partial charge in [0.25, 0.3) is 0 Å². The molecular formula is C13H16ClNO2. The lowest BCUT2D eigenvalue weighted by molar-refractivity contribution is 0.0303. The maximum Gasteiger partial charge on any atom is 0.0755 e. The van der Waals surface area contributed by atoms with Gasteiger partial charge in [-0.05, 0) is 31.0 Å². The highest BCUT2D eigenvalue weighted by atomic mass is 35.5. The molecule has 0 spiro atoms. The van der Waals surface area contributed by atoms with E-state index in [1.165, 1.54) is 0 Å². The molecule has 4 heteroatoms. The first-order chi connectivity index (χ1) is 8.26. The van der Waals surface area contributed by atoms with Gasteiger partial charge in [-0.25, -0.2) is 0 Å². The average molecular weight is 254 g/mol. The van der Waals surface area contributed by atoms with Crippen molar-refractivity contribution < 1.29 is 9.84 Å². The maximum absolute atomic E-state index is 9.40. The molecule has 0 saturated carbocycles. The fourth-order valence-electron chi connectivity index (χ4n) is 2.80. The molecule has 2 atom stereocenters. The molecule has 2 unspecified atom stereocenters. The van der Waals surface area contributed by atoms with Gasteiger partial charge in [0, 0.05) is 29.4 Å². The van der Waals surface area contributed by atoms with E-state index in [4.69, 9.17) is 16.3 Å². The average Bonchev–Trinajstić information content (AvgIpc) is 2.68. The third-order valence-corrected chi connectivity index (χ3v) is 3.83. The van der Waals surface area contributed by atoms with Crippen LogP contribution < -0.4 is 4.90 Å². The highest BCUT2D eigenvalue weighted by molar-refractivity contribution is 6.30. The number of hydrogen-bond donors (Lipinski definition) is 1. The van der Waals surface area contributed by atoms with Gasteiger partial charge in [-0.1, -0.05) is 11.6 Å². The van der Waals surface area contributed by atoms with Crippen LogP contribution in [-0.4, -0.2) is 30.4 Å². The van der Waals surface area contributed by atoms with Gasteiger partial charge >= 0.3 is 0 Å². The number of nitrogens with zero attached hydrogens (tertiary/aromatic N) is 1. The Balaban J connectivity index is 1.88. The summed E-state index contributed by atoms with van der Waals surface area (Å²) in [6, 6.07) is 5.72. The molecule has 92 valence electrons. The minimum absolute atomic E-state index is 0.0303. The maximum atomic E-state index is 9.40. The van der Waals surface area contributed by atoms with Crippen molar-refractivity contribution in [2.75, 3.05) is 18.0 Å². The number of benzene rings is 1. The van der Waals surface area contributed by atoms with Crippen LogP contribution in [0.5, 0.6) is 0 Å². The standard InChI is InChI=1S/C13H16ClNO2/c14-10-1-4-13(9(5-10)8-16)15-6-11-2-3-12(7-15)17-11/h1,4-5,11-12,16H,2-3,6-8H2. The van der Waals surface area contributed by atoms with Crippen molar-refractivity contribution >= 4 is 17.3 Å². The summed E-state index contributed by atoms with van der Waals surface area (Å²) < 4.78 is 5.82. The summed E-state index contributed by atoms with van der Waals surface area (Å²) in [4.78, 5) is 2.31. The molecule has 0 aliphatic carbocycles. The van der Waals surface area contributed by atoms with Crippen LogP contribution in [-0.2, 0) is 11.3 Å². The molecule has 0 radical (unpaired) electrons. The zero-order chi connectivity index (χ0) is 11.8. The number of rotatable bonds is 2. The van der Waals surface area contributed by atoms with Crippen molar-refractivity contribution in [3.05, 3.63) is 28.8 Å². The van der Waals surface area contributed by atoms with Gasteiger partial charge in [-0.15, -0.1) is 0 Å². The minimum Gasteiger partial charge on any atom is -0.392 e. The molecule has 3 nitrogen and oxygen atoms in total. The molecule has 0 amide bonds. The van der Waals surface area contributed by atoms with Crippen molar-refractivity contribution in [2.45, 2.75) is 31.7 Å². The molecule has 2 aliphatic rings. The Labute approximate surface area is 106 Å². The van der Waals surface area contributed by atoms with E-state index in [0.717, 1.165) is 37.2 Å². The van der Waals surface area contributed by atoms with E-state index in [2.05, 4.69) is 4.90 Å². The van der Waals surface area contributed by atoms with Crippen molar-refractivity contribution in [1.29, 1.82) is 0 Å². The van der Waals surface area contributed by atoms with Crippen LogP contribution in [0, 0.1) is 0 Å². The zero-order valence-electron chi connectivity index (χ0n) is 9.60. The Kier molecular flexibility index (Phi) is 2.99. The van der Waals surface area contributed by atoms with Crippen LogP contribution >= 0.6 is 11.6 Å². The van der Waals surface area contributed by atoms with E-state index in [9.17, 15) is 5.11 Å². The number of halogens is 1. The highest BCUT2D eigenvalue weighted by Gasteiger charge is 2.34. The summed E-state index contributed by atoms with van der Waals surface area (Å²) in [5.74, 6) is 0. The Morgan fingerprint density at radius 2 is 2.00 bits per heavy atom. The zero-order valence-corrected chi connectivity index (χ0v) is 10.4. The van der Waals surface area contributed by atoms with Gasteiger partial charge in [0.15, 0.2) is 0 Å². The topological polar surface area (TPSA) is 32.7 Å². The van der Waals surface area contributed by atoms with Gasteiger partial charge in [0.05, 0.1) is 18.8 Å². The summed E-state index contributed by atoms with van der Waals surface area (Å²) in [5.41, 5.74) is 2.00. The molecule has 2 bridgehead atoms. The summed E-state index contributed by atoms with van der Waals surface area (Å²) in [5, 5.41) is 10.1. The second-order valence-electron chi connectivity index (χ2n) is 4.79. The Bertz CT molecular complexity index is 412. The van der Waals surface area contributed by atoms with E-state index in [1.54, 1.807) is 0 Å². The second kappa shape index (κ2) is 4.48. The van der Waals surface area contributed by atoms with E-state index in [0.29, 0.717) is 17.2 Å². The van der Waals surface area contributed by atoms with E-state index in [1.807, 2.05) is 18.2 Å². The van der Waals surface area contributed by atoms with E-state index < -0.39 is 0 Å². The number of hydrogen-bond acceptors (Lipinski definition) is 3. The summed E-state index contributed by atoms with van der Waals surface area (Å²) >= 11 is 5.95. The smallest absolute Gasteiger partial charge is 0.0755 e. The van der Waals surface area contributed by atoms with Crippen molar-refractivity contribution in [2.24, 2.45) is 0 Å². The van der Waals surface area contributed by atoms with Gasteiger partial charge in [0.2, 0.25) is 0 Å². The van der Waals surface area contributed by atoms with Crippen LogP contribution in [0.3, 0.4) is 0 Å². The number of morpholine rings is 1. The molecule has 2 fully saturated rings. The van der Waals surface area contributed by atoms with Gasteiger partial charge < -0.3 is 14.7 Å². The third kappa shape index (κ3) is 2.15. The Hall–Kier alpha value is -0.770. The van der Waals surface area contributed by atoms with Crippen molar-refractivity contribution in [3.8, 4) is 0 Å². The number of ether oxygens (including phenoxy) is 1. The lowest BCUT2D eigenvalue weighted by Gasteiger charge is -2.35. The third-order valence-electron chi connectivity index (χ3n) is 3.60. The predicted molar refractivity (Wildman–Crippen MR) is 67.5 cm³/mol. The highest BCUT2D eigenvalue weighted by Crippen LogP contribution is 2.32. The van der Waals surface area contributed by atoms with E-state index in [-0.39, 0.29) is 6.61 Å². The lowest BCUT2D eigenvalue weighted by atomic mass is 10.1. The van der Waals surface area contributed by atoms with Gasteiger partial charge in [-0.3, -0.25) is 0 Å². The van der Waals surface area contributed by atoms with Crippen LogP contribution in [0.2, 0.25) is 5.02 Å². The lowest BCUT2D eigenvalue weighted by Crippen LogP contribution is -2.43. The van der Waals surface area contributed by atoms with Gasteiger partial charge in [0.1, 0.15) is 0 Å². The molecule has 17 heavy (non-hydrogen) atoms. The quantitative estimate of drug-likeness (QED) is 0.877. The Morgan fingerprint density at radius 1 is 1.29 bits per heavy atom. The summed E-state index contributed by atoms with van der Waals surface area (Å²) in [7, 11) is 0. The first kappa shape index (κ1) is 11.3. The second-order valence-corrected chi connectivity index (χ2v) is 5.23. The summed E-state index contributed by atoms with van der Waals surface area (Å²) in [6.45, 7) is 1.87. The molecule has 1 aromatic carbocycles. The molecule has 0 aromatic heterocycles. The molecular weight excluding hydrogens is 238 g/mol. The van der Waals surface area contributed by atoms with Crippen LogP contribution in [0.1, 0.15) is 18.4 Å². The molecule has 3 rings (SSSR count). The number of aliphatic hydroxyl groups is 1. The first-order valence-electron chi connectivity index (χ1n) is 6.06. The SMILES string of the molecule is OCc1cc(Cl)ccc1N1CC2CCC(C1)O2. The number of aliphatic hydroxyl groups excluding tert-OH is 1. The largest absolute Gasteiger partial charge is 0.392 e. The van der Waals surface area contributed by atoms with Crippen molar-refractivity contribution in [1.82, 2.24) is 0 Å². The number of fused-ring (bicyclic) bond motifs is 2. The Morgan fingerprint density at radius 3 is 2.65 bits per heavy atom. The molecule has 2 saturated heterocycles. The van der Waals surface area contributed by atoms with Crippen LogP contribution in [0.15, 0.2) is 18.2 Å². The summed E-state index contributed by atoms with van der Waals surface area (Å²) in [6.07, 6.45) is 3.03. The predicted octanol–water partition coefficient (Wildman–Crippen LogP) is 2.20. The molecule has 2 aliphatic heterocycles. The fourth-order valence-corrected chi connectivity index (χ4v) is 3.00. The van der Waals surface area contributed by atoms with Crippen LogP contribution in [0.4, 0.5) is 5.69 Å². The van der Waals surface area contributed by atoms with Crippen LogP contribution in [0.25, 0.3) is 0 Å². The minimum atomic E-state index is 0.0303. The fraction of sp³-hybridized carbons (Fsp3) is 0.538.